The van der Waals surface area contributed by atoms with Crippen LogP contribution in [0.4, 0.5) is 0 Å². The molecule has 0 fully saturated rings. The first-order chi connectivity index (χ1) is 6.67. The lowest BCUT2D eigenvalue weighted by Gasteiger charge is -2.26. The van der Waals surface area contributed by atoms with Crippen LogP contribution in [0, 0.1) is 5.92 Å². The van der Waals surface area contributed by atoms with Crippen molar-refractivity contribution in [3.05, 3.63) is 12.7 Å². The SMILES string of the molecule is C=CC[C@@H](OCOC)[C@H](C)[C@H](O)CC. The third kappa shape index (κ3) is 4.74. The summed E-state index contributed by atoms with van der Waals surface area (Å²) in [4.78, 5) is 0. The zero-order chi connectivity index (χ0) is 11.0. The molecule has 0 bridgehead atoms. The summed E-state index contributed by atoms with van der Waals surface area (Å²) in [5.74, 6) is 0.105. The van der Waals surface area contributed by atoms with Gasteiger partial charge in [0.25, 0.3) is 0 Å². The highest BCUT2D eigenvalue weighted by atomic mass is 16.7. The number of aliphatic hydroxyl groups excluding tert-OH is 1. The van der Waals surface area contributed by atoms with Gasteiger partial charge in [-0.3, -0.25) is 0 Å². The highest BCUT2D eigenvalue weighted by molar-refractivity contribution is 4.80. The fraction of sp³-hybridized carbons (Fsp3) is 0.818. The molecule has 0 aliphatic carbocycles. The van der Waals surface area contributed by atoms with E-state index in [1.807, 2.05) is 13.8 Å². The van der Waals surface area contributed by atoms with Crippen LogP contribution in [0.15, 0.2) is 12.7 Å². The second-order valence-corrected chi connectivity index (χ2v) is 3.47. The van der Waals surface area contributed by atoms with Gasteiger partial charge >= 0.3 is 0 Å². The molecule has 0 aliphatic rings. The van der Waals surface area contributed by atoms with E-state index in [1.54, 1.807) is 13.2 Å². The second-order valence-electron chi connectivity index (χ2n) is 3.47. The third-order valence-electron chi connectivity index (χ3n) is 2.41. The first-order valence-electron chi connectivity index (χ1n) is 5.06. The van der Waals surface area contributed by atoms with Crippen molar-refractivity contribution in [2.45, 2.75) is 38.9 Å². The normalized spacial score (nSPS) is 17.4. The Labute approximate surface area is 86.7 Å². The number of hydrogen-bond acceptors (Lipinski definition) is 3. The predicted molar refractivity (Wildman–Crippen MR) is 57.0 cm³/mol. The van der Waals surface area contributed by atoms with Crippen LogP contribution in [0.1, 0.15) is 26.7 Å². The van der Waals surface area contributed by atoms with E-state index in [-0.39, 0.29) is 24.9 Å². The van der Waals surface area contributed by atoms with Crippen molar-refractivity contribution in [1.82, 2.24) is 0 Å². The van der Waals surface area contributed by atoms with Gasteiger partial charge in [0.05, 0.1) is 12.2 Å². The van der Waals surface area contributed by atoms with Crippen LogP contribution in [0.5, 0.6) is 0 Å². The van der Waals surface area contributed by atoms with Crippen LogP contribution >= 0.6 is 0 Å². The zero-order valence-electron chi connectivity index (χ0n) is 9.40. The fourth-order valence-corrected chi connectivity index (χ4v) is 1.37. The van der Waals surface area contributed by atoms with Crippen LogP contribution in [0.2, 0.25) is 0 Å². The summed E-state index contributed by atoms with van der Waals surface area (Å²) in [7, 11) is 1.59. The molecule has 0 aromatic carbocycles. The summed E-state index contributed by atoms with van der Waals surface area (Å²) in [6.45, 7) is 7.88. The molecule has 0 aliphatic heterocycles. The van der Waals surface area contributed by atoms with Crippen molar-refractivity contribution in [1.29, 1.82) is 0 Å². The maximum absolute atomic E-state index is 9.67. The minimum atomic E-state index is -0.322. The number of ether oxygens (including phenoxy) is 2. The van der Waals surface area contributed by atoms with E-state index in [1.165, 1.54) is 0 Å². The van der Waals surface area contributed by atoms with Crippen molar-refractivity contribution in [2.75, 3.05) is 13.9 Å². The second kappa shape index (κ2) is 7.97. The van der Waals surface area contributed by atoms with Gasteiger partial charge in [0.2, 0.25) is 0 Å². The number of methoxy groups -OCH3 is 1. The Kier molecular flexibility index (Phi) is 7.76. The van der Waals surface area contributed by atoms with Crippen molar-refractivity contribution in [2.24, 2.45) is 5.92 Å². The van der Waals surface area contributed by atoms with Crippen molar-refractivity contribution >= 4 is 0 Å². The Morgan fingerprint density at radius 2 is 2.14 bits per heavy atom. The smallest absolute Gasteiger partial charge is 0.146 e. The van der Waals surface area contributed by atoms with E-state index < -0.39 is 0 Å². The number of aliphatic hydroxyl groups is 1. The summed E-state index contributed by atoms with van der Waals surface area (Å²) < 4.78 is 10.3. The van der Waals surface area contributed by atoms with Gasteiger partial charge in [-0.05, 0) is 12.8 Å². The summed E-state index contributed by atoms with van der Waals surface area (Å²) in [5, 5.41) is 9.67. The molecule has 0 spiro atoms. The maximum Gasteiger partial charge on any atom is 0.146 e. The standard InChI is InChI=1S/C11H22O3/c1-5-7-11(14-8-13-4)9(3)10(12)6-2/h5,9-12H,1,6-8H2,2-4H3/t9-,10-,11-/m1/s1. The molecule has 0 heterocycles. The van der Waals surface area contributed by atoms with Crippen molar-refractivity contribution < 1.29 is 14.6 Å². The molecule has 3 nitrogen and oxygen atoms in total. The van der Waals surface area contributed by atoms with E-state index in [0.717, 1.165) is 12.8 Å². The van der Waals surface area contributed by atoms with E-state index in [9.17, 15) is 5.11 Å². The lowest BCUT2D eigenvalue weighted by atomic mass is 9.94. The molecule has 0 saturated heterocycles. The van der Waals surface area contributed by atoms with Crippen LogP contribution in [-0.4, -0.2) is 31.2 Å². The molecule has 0 rings (SSSR count). The van der Waals surface area contributed by atoms with E-state index in [4.69, 9.17) is 9.47 Å². The minimum Gasteiger partial charge on any atom is -0.393 e. The Hall–Kier alpha value is -0.380. The molecule has 0 aromatic heterocycles. The van der Waals surface area contributed by atoms with E-state index in [0.29, 0.717) is 0 Å². The highest BCUT2D eigenvalue weighted by Gasteiger charge is 2.22. The number of rotatable bonds is 8. The first kappa shape index (κ1) is 13.6. The van der Waals surface area contributed by atoms with Crippen LogP contribution < -0.4 is 0 Å². The molecule has 14 heavy (non-hydrogen) atoms. The lowest BCUT2D eigenvalue weighted by Crippen LogP contribution is -2.31. The highest BCUT2D eigenvalue weighted by Crippen LogP contribution is 2.18. The van der Waals surface area contributed by atoms with Gasteiger partial charge in [-0.2, -0.15) is 0 Å². The van der Waals surface area contributed by atoms with Gasteiger partial charge in [0, 0.05) is 13.0 Å². The zero-order valence-corrected chi connectivity index (χ0v) is 9.40. The van der Waals surface area contributed by atoms with Crippen LogP contribution in [0.25, 0.3) is 0 Å². The molecule has 1 N–H and O–H groups in total. The average Bonchev–Trinajstić information content (AvgIpc) is 2.22. The molecule has 0 radical (unpaired) electrons. The summed E-state index contributed by atoms with van der Waals surface area (Å²) in [5.41, 5.74) is 0. The number of hydrogen-bond donors (Lipinski definition) is 1. The van der Waals surface area contributed by atoms with E-state index in [2.05, 4.69) is 6.58 Å². The largest absolute Gasteiger partial charge is 0.393 e. The van der Waals surface area contributed by atoms with Gasteiger partial charge < -0.3 is 14.6 Å². The van der Waals surface area contributed by atoms with Crippen LogP contribution in [0.3, 0.4) is 0 Å². The average molecular weight is 202 g/mol. The quantitative estimate of drug-likeness (QED) is 0.483. The molecular weight excluding hydrogens is 180 g/mol. The van der Waals surface area contributed by atoms with Gasteiger partial charge in [-0.25, -0.2) is 0 Å². The summed E-state index contributed by atoms with van der Waals surface area (Å²) in [6, 6.07) is 0. The van der Waals surface area contributed by atoms with Gasteiger partial charge in [0.15, 0.2) is 0 Å². The fourth-order valence-electron chi connectivity index (χ4n) is 1.37. The van der Waals surface area contributed by atoms with Crippen molar-refractivity contribution in [3.8, 4) is 0 Å². The summed E-state index contributed by atoms with van der Waals surface area (Å²) in [6.07, 6.45) is 2.95. The van der Waals surface area contributed by atoms with Gasteiger partial charge in [-0.15, -0.1) is 6.58 Å². The van der Waals surface area contributed by atoms with E-state index >= 15 is 0 Å². The monoisotopic (exact) mass is 202 g/mol. The van der Waals surface area contributed by atoms with Gasteiger partial charge in [0.1, 0.15) is 6.79 Å². The van der Waals surface area contributed by atoms with Crippen molar-refractivity contribution in [3.63, 3.8) is 0 Å². The topological polar surface area (TPSA) is 38.7 Å². The van der Waals surface area contributed by atoms with Crippen LogP contribution in [-0.2, 0) is 9.47 Å². The Morgan fingerprint density at radius 3 is 2.57 bits per heavy atom. The third-order valence-corrected chi connectivity index (χ3v) is 2.41. The Bertz CT molecular complexity index is 147. The molecule has 3 atom stereocenters. The molecule has 0 unspecified atom stereocenters. The minimum absolute atomic E-state index is 0.0117. The molecule has 84 valence electrons. The maximum atomic E-state index is 9.67. The molecule has 3 heteroatoms. The summed E-state index contributed by atoms with van der Waals surface area (Å²) >= 11 is 0. The Balaban J connectivity index is 4.08. The molecular formula is C11H22O3. The Morgan fingerprint density at radius 1 is 1.50 bits per heavy atom. The molecule has 0 saturated carbocycles. The molecule has 0 amide bonds. The van der Waals surface area contributed by atoms with Gasteiger partial charge in [-0.1, -0.05) is 19.9 Å². The predicted octanol–water partition coefficient (Wildman–Crippen LogP) is 1.96. The lowest BCUT2D eigenvalue weighted by molar-refractivity contribution is -0.105. The first-order valence-corrected chi connectivity index (χ1v) is 5.06. The molecule has 0 aromatic rings.